The van der Waals surface area contributed by atoms with E-state index in [0.717, 1.165) is 13.1 Å². The largest absolute Gasteiger partial charge is 0.375 e. The lowest BCUT2D eigenvalue weighted by atomic mass is 9.66. The number of benzene rings is 1. The Balaban J connectivity index is 1.86. The van der Waals surface area contributed by atoms with E-state index >= 15 is 0 Å². The van der Waals surface area contributed by atoms with Gasteiger partial charge >= 0.3 is 0 Å². The maximum atomic E-state index is 5.88. The molecule has 2 heteroatoms. The van der Waals surface area contributed by atoms with E-state index < -0.39 is 0 Å². The number of nitrogens with zero attached hydrogens (tertiary/aromatic N) is 1. The first kappa shape index (κ1) is 11.5. The summed E-state index contributed by atoms with van der Waals surface area (Å²) < 4.78 is 0. The van der Waals surface area contributed by atoms with Crippen LogP contribution in [0.1, 0.15) is 25.7 Å². The summed E-state index contributed by atoms with van der Waals surface area (Å²) in [5.74, 6) is 0. The molecule has 1 saturated carbocycles. The van der Waals surface area contributed by atoms with Crippen molar-refractivity contribution in [3.63, 3.8) is 0 Å². The van der Waals surface area contributed by atoms with Gasteiger partial charge in [0.1, 0.15) is 0 Å². The van der Waals surface area contributed by atoms with Crippen molar-refractivity contribution < 1.29 is 0 Å². The molecule has 88 valence electrons. The summed E-state index contributed by atoms with van der Waals surface area (Å²) in [5, 5.41) is 0. The second-order valence-corrected chi connectivity index (χ2v) is 5.06. The third-order valence-corrected chi connectivity index (χ3v) is 4.02. The molecule has 2 N–H and O–H groups in total. The molecule has 0 heterocycles. The van der Waals surface area contributed by atoms with Gasteiger partial charge < -0.3 is 10.6 Å². The summed E-state index contributed by atoms with van der Waals surface area (Å²) >= 11 is 0. The Morgan fingerprint density at radius 1 is 1.25 bits per heavy atom. The normalized spacial score (nSPS) is 17.9. The molecule has 1 aromatic carbocycles. The fraction of sp³-hybridized carbons (Fsp3) is 0.571. The van der Waals surface area contributed by atoms with Crippen molar-refractivity contribution in [2.24, 2.45) is 11.1 Å². The van der Waals surface area contributed by atoms with E-state index in [4.69, 9.17) is 5.73 Å². The van der Waals surface area contributed by atoms with Gasteiger partial charge in [0.15, 0.2) is 0 Å². The van der Waals surface area contributed by atoms with Crippen LogP contribution in [0.4, 0.5) is 5.69 Å². The van der Waals surface area contributed by atoms with E-state index in [-0.39, 0.29) is 0 Å². The maximum Gasteiger partial charge on any atom is 0.0363 e. The van der Waals surface area contributed by atoms with E-state index in [1.54, 1.807) is 0 Å². The van der Waals surface area contributed by atoms with Crippen molar-refractivity contribution in [1.82, 2.24) is 0 Å². The predicted molar refractivity (Wildman–Crippen MR) is 69.7 cm³/mol. The predicted octanol–water partition coefficient (Wildman–Crippen LogP) is 2.64. The van der Waals surface area contributed by atoms with E-state index in [1.807, 2.05) is 0 Å². The van der Waals surface area contributed by atoms with Crippen LogP contribution in [0.3, 0.4) is 0 Å². The summed E-state index contributed by atoms with van der Waals surface area (Å²) in [6, 6.07) is 10.6. The minimum atomic E-state index is 0.461. The highest BCUT2D eigenvalue weighted by atomic mass is 15.1. The van der Waals surface area contributed by atoms with Crippen LogP contribution in [-0.4, -0.2) is 20.1 Å². The summed E-state index contributed by atoms with van der Waals surface area (Å²) in [4.78, 5) is 2.33. The summed E-state index contributed by atoms with van der Waals surface area (Å²) in [5.41, 5.74) is 7.64. The Morgan fingerprint density at radius 2 is 1.94 bits per heavy atom. The zero-order chi connectivity index (χ0) is 11.4. The van der Waals surface area contributed by atoms with Gasteiger partial charge in [-0.05, 0) is 43.4 Å². The maximum absolute atomic E-state index is 5.88. The fourth-order valence-corrected chi connectivity index (χ4v) is 2.45. The molecule has 1 aliphatic carbocycles. The Morgan fingerprint density at radius 3 is 2.44 bits per heavy atom. The van der Waals surface area contributed by atoms with Gasteiger partial charge in [-0.15, -0.1) is 0 Å². The van der Waals surface area contributed by atoms with Crippen LogP contribution in [0.15, 0.2) is 30.3 Å². The van der Waals surface area contributed by atoms with Crippen molar-refractivity contribution >= 4 is 5.69 Å². The molecule has 0 unspecified atom stereocenters. The number of para-hydroxylation sites is 1. The molecule has 0 radical (unpaired) electrons. The Bertz CT molecular complexity index is 311. The molecule has 0 atom stereocenters. The molecule has 0 aromatic heterocycles. The molecule has 0 saturated heterocycles. The molecule has 0 spiro atoms. The van der Waals surface area contributed by atoms with Gasteiger partial charge in [0, 0.05) is 19.3 Å². The first-order valence-corrected chi connectivity index (χ1v) is 6.22. The van der Waals surface area contributed by atoms with Crippen LogP contribution >= 0.6 is 0 Å². The second kappa shape index (κ2) is 4.88. The van der Waals surface area contributed by atoms with E-state index in [2.05, 4.69) is 42.3 Å². The third kappa shape index (κ3) is 2.38. The Hall–Kier alpha value is -1.02. The molecule has 2 nitrogen and oxygen atoms in total. The van der Waals surface area contributed by atoms with Gasteiger partial charge in [0.25, 0.3) is 0 Å². The average Bonchev–Trinajstić information content (AvgIpc) is 2.29. The zero-order valence-corrected chi connectivity index (χ0v) is 10.2. The van der Waals surface area contributed by atoms with Gasteiger partial charge in [0.2, 0.25) is 0 Å². The van der Waals surface area contributed by atoms with Crippen LogP contribution in [-0.2, 0) is 0 Å². The van der Waals surface area contributed by atoms with Crippen molar-refractivity contribution in [3.8, 4) is 0 Å². The molecular weight excluding hydrogens is 196 g/mol. The minimum absolute atomic E-state index is 0.461. The average molecular weight is 218 g/mol. The monoisotopic (exact) mass is 218 g/mol. The number of rotatable bonds is 5. The van der Waals surface area contributed by atoms with Crippen molar-refractivity contribution in [1.29, 1.82) is 0 Å². The van der Waals surface area contributed by atoms with Crippen molar-refractivity contribution in [2.45, 2.75) is 25.7 Å². The molecular formula is C14H22N2. The lowest BCUT2D eigenvalue weighted by Crippen LogP contribution is -2.40. The van der Waals surface area contributed by atoms with Gasteiger partial charge in [-0.2, -0.15) is 0 Å². The Kier molecular flexibility index (Phi) is 3.49. The minimum Gasteiger partial charge on any atom is -0.375 e. The standard InChI is InChI=1S/C14H22N2/c1-16(13-6-3-2-4-7-13)11-10-14(12-15)8-5-9-14/h2-4,6-7H,5,8-12,15H2,1H3. The van der Waals surface area contributed by atoms with Gasteiger partial charge in [-0.3, -0.25) is 0 Å². The topological polar surface area (TPSA) is 29.3 Å². The smallest absolute Gasteiger partial charge is 0.0363 e. The zero-order valence-electron chi connectivity index (χ0n) is 10.2. The number of anilines is 1. The number of hydrogen-bond donors (Lipinski definition) is 1. The lowest BCUT2D eigenvalue weighted by Gasteiger charge is -2.42. The van der Waals surface area contributed by atoms with Crippen LogP contribution in [0.25, 0.3) is 0 Å². The van der Waals surface area contributed by atoms with Crippen LogP contribution in [0.5, 0.6) is 0 Å². The molecule has 2 rings (SSSR count). The highest BCUT2D eigenvalue weighted by Gasteiger charge is 2.35. The van der Waals surface area contributed by atoms with Gasteiger partial charge in [0.05, 0.1) is 0 Å². The second-order valence-electron chi connectivity index (χ2n) is 5.06. The summed E-state index contributed by atoms with van der Waals surface area (Å²) in [7, 11) is 2.16. The molecule has 0 bridgehead atoms. The summed E-state index contributed by atoms with van der Waals surface area (Å²) in [6.45, 7) is 1.97. The van der Waals surface area contributed by atoms with Gasteiger partial charge in [-0.25, -0.2) is 0 Å². The number of nitrogens with two attached hydrogens (primary N) is 1. The fourth-order valence-electron chi connectivity index (χ4n) is 2.45. The summed E-state index contributed by atoms with van der Waals surface area (Å²) in [6.07, 6.45) is 5.25. The lowest BCUT2D eigenvalue weighted by molar-refractivity contribution is 0.134. The molecule has 1 aromatic rings. The SMILES string of the molecule is CN(CCC1(CN)CCC1)c1ccccc1. The van der Waals surface area contributed by atoms with Crippen LogP contribution in [0, 0.1) is 5.41 Å². The van der Waals surface area contributed by atoms with Crippen LogP contribution < -0.4 is 10.6 Å². The van der Waals surface area contributed by atoms with Crippen molar-refractivity contribution in [2.75, 3.05) is 25.0 Å². The van der Waals surface area contributed by atoms with Crippen LogP contribution in [0.2, 0.25) is 0 Å². The van der Waals surface area contributed by atoms with Gasteiger partial charge in [-0.1, -0.05) is 24.6 Å². The first-order valence-electron chi connectivity index (χ1n) is 6.22. The number of hydrogen-bond acceptors (Lipinski definition) is 2. The molecule has 0 aliphatic heterocycles. The molecule has 16 heavy (non-hydrogen) atoms. The van der Waals surface area contributed by atoms with E-state index in [1.165, 1.54) is 31.4 Å². The third-order valence-electron chi connectivity index (χ3n) is 4.02. The first-order chi connectivity index (χ1) is 7.76. The molecule has 0 amide bonds. The molecule has 1 aliphatic rings. The molecule has 1 fully saturated rings. The quantitative estimate of drug-likeness (QED) is 0.823. The Labute approximate surface area is 98.4 Å². The van der Waals surface area contributed by atoms with E-state index in [0.29, 0.717) is 5.41 Å². The van der Waals surface area contributed by atoms with Crippen molar-refractivity contribution in [3.05, 3.63) is 30.3 Å². The highest BCUT2D eigenvalue weighted by Crippen LogP contribution is 2.43. The van der Waals surface area contributed by atoms with E-state index in [9.17, 15) is 0 Å². The highest BCUT2D eigenvalue weighted by molar-refractivity contribution is 5.44.